The average molecular weight is 296 g/mol. The van der Waals surface area contributed by atoms with Gasteiger partial charge in [0, 0.05) is 7.11 Å². The standard InChI is InChI=1S/CH4O.3ClH.Gd/c1-2;;;;/h2H,1H3;3*1H;/q;;;;+3/p-3. The third-order valence-corrected chi connectivity index (χ3v) is 0. The quantitative estimate of drug-likeness (QED) is 0.471. The number of rotatable bonds is 0. The second-order valence-corrected chi connectivity index (χ2v) is 0. The Hall–Kier alpha value is 2.15. The van der Waals surface area contributed by atoms with Crippen LogP contribution in [0.3, 0.4) is 0 Å². The Morgan fingerprint density at radius 3 is 0.833 bits per heavy atom. The van der Waals surface area contributed by atoms with E-state index in [1.807, 2.05) is 0 Å². The van der Waals surface area contributed by atoms with Gasteiger partial charge in [0.25, 0.3) is 0 Å². The zero-order chi connectivity index (χ0) is 2.00. The average Bonchev–Trinajstić information content (AvgIpc) is 1.00. The summed E-state index contributed by atoms with van der Waals surface area (Å²) in [6.07, 6.45) is 0. The molecule has 43 valence electrons. The Morgan fingerprint density at radius 1 is 0.833 bits per heavy atom. The minimum Gasteiger partial charge on any atom is -1.00 e. The minimum atomic E-state index is 0. The normalized spacial score (nSPS) is 1.00. The molecule has 0 atom stereocenters. The van der Waals surface area contributed by atoms with Gasteiger partial charge >= 0.3 is 39.9 Å². The van der Waals surface area contributed by atoms with Crippen molar-refractivity contribution in [3.8, 4) is 0 Å². The van der Waals surface area contributed by atoms with Crippen molar-refractivity contribution in [1.29, 1.82) is 0 Å². The van der Waals surface area contributed by atoms with Gasteiger partial charge in [0.15, 0.2) is 0 Å². The van der Waals surface area contributed by atoms with Crippen molar-refractivity contribution < 1.29 is 82.3 Å². The fourth-order valence-corrected chi connectivity index (χ4v) is 0. The topological polar surface area (TPSA) is 20.2 Å². The van der Waals surface area contributed by atoms with E-state index >= 15 is 0 Å². The van der Waals surface area contributed by atoms with Crippen LogP contribution in [0.5, 0.6) is 0 Å². The van der Waals surface area contributed by atoms with E-state index in [-0.39, 0.29) is 77.2 Å². The summed E-state index contributed by atoms with van der Waals surface area (Å²) in [4.78, 5) is 0. The molecule has 0 spiro atoms. The molecule has 0 amide bonds. The van der Waals surface area contributed by atoms with Gasteiger partial charge in [0.05, 0.1) is 0 Å². The van der Waals surface area contributed by atoms with E-state index in [0.717, 1.165) is 7.11 Å². The molecule has 0 unspecified atom stereocenters. The molecule has 0 aliphatic carbocycles. The molecule has 0 aliphatic rings. The number of aliphatic hydroxyl groups is 1. The van der Waals surface area contributed by atoms with E-state index in [1.54, 1.807) is 0 Å². The molecule has 0 bridgehead atoms. The Kier molecular flexibility index (Phi) is 408. The van der Waals surface area contributed by atoms with Crippen LogP contribution in [0.1, 0.15) is 0 Å². The van der Waals surface area contributed by atoms with Crippen LogP contribution in [0, 0.1) is 39.9 Å². The molecule has 1 N–H and O–H groups in total. The molecule has 0 saturated carbocycles. The fourth-order valence-electron chi connectivity index (χ4n) is 0. The monoisotopic (exact) mass is 295 g/mol. The second kappa shape index (κ2) is 58.4. The fraction of sp³-hybridized carbons (Fsp3) is 1.00. The number of halogens is 3. The Balaban J connectivity index is -0.000000000833. The number of hydrogen-bond acceptors (Lipinski definition) is 1. The molecule has 0 rings (SSSR count). The van der Waals surface area contributed by atoms with Gasteiger partial charge in [-0.25, -0.2) is 0 Å². The zero-order valence-corrected chi connectivity index (χ0v) is 7.47. The van der Waals surface area contributed by atoms with Gasteiger partial charge in [-0.2, -0.15) is 0 Å². The number of aliphatic hydroxyl groups excluding tert-OH is 1. The van der Waals surface area contributed by atoms with Gasteiger partial charge in [-0.1, -0.05) is 0 Å². The summed E-state index contributed by atoms with van der Waals surface area (Å²) < 4.78 is 0. The maximum atomic E-state index is 7.00. The van der Waals surface area contributed by atoms with Crippen molar-refractivity contribution in [3.05, 3.63) is 0 Å². The molecule has 1 nitrogen and oxygen atoms in total. The molecular formula is CH4Cl3GdO. The SMILES string of the molecule is CO.[Cl-].[Cl-].[Cl-].[Gd+3]. The molecule has 0 fully saturated rings. The van der Waals surface area contributed by atoms with E-state index in [1.165, 1.54) is 0 Å². The predicted octanol–water partition coefficient (Wildman–Crippen LogP) is -9.38. The molecule has 0 aromatic carbocycles. The largest absolute Gasteiger partial charge is 3.00 e. The van der Waals surface area contributed by atoms with Crippen molar-refractivity contribution in [2.24, 2.45) is 0 Å². The van der Waals surface area contributed by atoms with E-state index < -0.39 is 0 Å². The summed E-state index contributed by atoms with van der Waals surface area (Å²) in [6.45, 7) is 0. The maximum absolute atomic E-state index is 7.00. The van der Waals surface area contributed by atoms with Crippen LogP contribution in [0.4, 0.5) is 0 Å². The van der Waals surface area contributed by atoms with Crippen LogP contribution in [-0.2, 0) is 0 Å². The summed E-state index contributed by atoms with van der Waals surface area (Å²) in [5.74, 6) is 0. The van der Waals surface area contributed by atoms with Gasteiger partial charge < -0.3 is 42.3 Å². The van der Waals surface area contributed by atoms with Crippen LogP contribution in [0.2, 0.25) is 0 Å². The van der Waals surface area contributed by atoms with Gasteiger partial charge in [0.1, 0.15) is 0 Å². The van der Waals surface area contributed by atoms with Gasteiger partial charge in [-0.05, 0) is 0 Å². The minimum absolute atomic E-state index is 0. The molecular weight excluding hydrogens is 292 g/mol. The molecule has 5 heteroatoms. The number of hydrogen-bond donors (Lipinski definition) is 1. The molecule has 0 heterocycles. The van der Waals surface area contributed by atoms with Crippen LogP contribution >= 0.6 is 0 Å². The van der Waals surface area contributed by atoms with Crippen LogP contribution in [0.15, 0.2) is 0 Å². The molecule has 0 aliphatic heterocycles. The third kappa shape index (κ3) is 35.2. The molecule has 0 saturated heterocycles. The Bertz CT molecular complexity index is 10.8. The third-order valence-electron chi connectivity index (χ3n) is 0. The van der Waals surface area contributed by atoms with E-state index in [2.05, 4.69) is 0 Å². The zero-order valence-electron chi connectivity index (χ0n) is 2.93. The molecule has 0 aromatic heterocycles. The van der Waals surface area contributed by atoms with Gasteiger partial charge in [0.2, 0.25) is 0 Å². The predicted molar refractivity (Wildman–Crippen MR) is 8.14 cm³/mol. The first-order valence-corrected chi connectivity index (χ1v) is 0.447. The molecule has 6 heavy (non-hydrogen) atoms. The van der Waals surface area contributed by atoms with E-state index in [4.69, 9.17) is 5.11 Å². The smallest absolute Gasteiger partial charge is 1.00 e. The van der Waals surface area contributed by atoms with Crippen molar-refractivity contribution in [3.63, 3.8) is 0 Å². The summed E-state index contributed by atoms with van der Waals surface area (Å²) in [7, 11) is 1.00. The van der Waals surface area contributed by atoms with Gasteiger partial charge in [-0.3, -0.25) is 0 Å². The van der Waals surface area contributed by atoms with Crippen molar-refractivity contribution in [1.82, 2.24) is 0 Å². The van der Waals surface area contributed by atoms with Gasteiger partial charge in [-0.15, -0.1) is 0 Å². The van der Waals surface area contributed by atoms with Crippen molar-refractivity contribution in [2.45, 2.75) is 0 Å². The van der Waals surface area contributed by atoms with E-state index in [0.29, 0.717) is 0 Å². The Morgan fingerprint density at radius 2 is 0.833 bits per heavy atom. The van der Waals surface area contributed by atoms with E-state index in [9.17, 15) is 0 Å². The maximum Gasteiger partial charge on any atom is 3.00 e. The first-order chi connectivity index (χ1) is 1.00. The molecule has 1 radical (unpaired) electrons. The summed E-state index contributed by atoms with van der Waals surface area (Å²) in [6, 6.07) is 0. The Labute approximate surface area is 88.2 Å². The van der Waals surface area contributed by atoms with Crippen molar-refractivity contribution in [2.75, 3.05) is 7.11 Å². The summed E-state index contributed by atoms with van der Waals surface area (Å²) in [5.41, 5.74) is 0. The first kappa shape index (κ1) is 41.9. The second-order valence-electron chi connectivity index (χ2n) is 0. The van der Waals surface area contributed by atoms with Crippen LogP contribution in [0.25, 0.3) is 0 Å². The van der Waals surface area contributed by atoms with Crippen LogP contribution < -0.4 is 37.2 Å². The van der Waals surface area contributed by atoms with Crippen LogP contribution in [-0.4, -0.2) is 12.2 Å². The summed E-state index contributed by atoms with van der Waals surface area (Å²) in [5, 5.41) is 7.00. The molecule has 0 aromatic rings. The summed E-state index contributed by atoms with van der Waals surface area (Å²) >= 11 is 0. The first-order valence-electron chi connectivity index (χ1n) is 0.447. The van der Waals surface area contributed by atoms with Crippen molar-refractivity contribution >= 4 is 0 Å².